The number of aromatic nitrogens is 3. The highest BCUT2D eigenvalue weighted by molar-refractivity contribution is 5.77. The Hall–Kier alpha value is -3.15. The molecule has 6 nitrogen and oxygen atoms in total. The Bertz CT molecular complexity index is 816. The number of para-hydroxylation sites is 1. The van der Waals surface area contributed by atoms with E-state index in [0.717, 1.165) is 17.0 Å². The van der Waals surface area contributed by atoms with Crippen LogP contribution in [0.3, 0.4) is 0 Å². The fraction of sp³-hybridized carbons (Fsp3) is 0.211. The monoisotopic (exact) mass is 336 g/mol. The standard InChI is InChI=1S/C19H20N4O2/c1-15-12-18(16-6-5-9-20-13-16)22-23(15)11-10-21-19(24)14-25-17-7-3-2-4-8-17/h2-9,12-13H,10-11,14H2,1H3,(H,21,24). The van der Waals surface area contributed by atoms with Crippen LogP contribution in [-0.4, -0.2) is 33.8 Å². The number of ether oxygens (including phenoxy) is 1. The first-order valence-corrected chi connectivity index (χ1v) is 8.12. The van der Waals surface area contributed by atoms with Crippen molar-refractivity contribution in [2.45, 2.75) is 13.5 Å². The Morgan fingerprint density at radius 3 is 2.80 bits per heavy atom. The van der Waals surface area contributed by atoms with Crippen LogP contribution in [0.1, 0.15) is 5.69 Å². The molecular weight excluding hydrogens is 316 g/mol. The van der Waals surface area contributed by atoms with E-state index in [1.54, 1.807) is 12.4 Å². The molecule has 0 aliphatic carbocycles. The van der Waals surface area contributed by atoms with Crippen LogP contribution in [0.2, 0.25) is 0 Å². The van der Waals surface area contributed by atoms with E-state index in [9.17, 15) is 4.79 Å². The molecule has 0 fully saturated rings. The van der Waals surface area contributed by atoms with Gasteiger partial charge in [-0.05, 0) is 37.3 Å². The number of carbonyl (C=O) groups is 1. The fourth-order valence-corrected chi connectivity index (χ4v) is 2.41. The van der Waals surface area contributed by atoms with Crippen molar-refractivity contribution in [2.24, 2.45) is 0 Å². The lowest BCUT2D eigenvalue weighted by Gasteiger charge is -2.08. The quantitative estimate of drug-likeness (QED) is 0.719. The van der Waals surface area contributed by atoms with Crippen LogP contribution in [0.4, 0.5) is 0 Å². The molecule has 3 rings (SSSR count). The van der Waals surface area contributed by atoms with Crippen molar-refractivity contribution in [1.29, 1.82) is 0 Å². The predicted octanol–water partition coefficient (Wildman–Crippen LogP) is 2.45. The second-order valence-electron chi connectivity index (χ2n) is 5.59. The lowest BCUT2D eigenvalue weighted by atomic mass is 10.2. The van der Waals surface area contributed by atoms with E-state index in [-0.39, 0.29) is 12.5 Å². The van der Waals surface area contributed by atoms with E-state index in [1.165, 1.54) is 0 Å². The smallest absolute Gasteiger partial charge is 0.258 e. The average molecular weight is 336 g/mol. The SMILES string of the molecule is Cc1cc(-c2cccnc2)nn1CCNC(=O)COc1ccccc1. The number of nitrogens with zero attached hydrogens (tertiary/aromatic N) is 3. The average Bonchev–Trinajstić information content (AvgIpc) is 3.02. The largest absolute Gasteiger partial charge is 0.484 e. The van der Waals surface area contributed by atoms with Gasteiger partial charge in [0.05, 0.1) is 12.2 Å². The Labute approximate surface area is 146 Å². The van der Waals surface area contributed by atoms with Crippen molar-refractivity contribution in [3.8, 4) is 17.0 Å². The summed E-state index contributed by atoms with van der Waals surface area (Å²) in [4.78, 5) is 16.0. The summed E-state index contributed by atoms with van der Waals surface area (Å²) in [5.74, 6) is 0.530. The molecular formula is C19H20N4O2. The molecule has 0 spiro atoms. The maximum absolute atomic E-state index is 11.8. The van der Waals surface area contributed by atoms with Gasteiger partial charge in [-0.3, -0.25) is 14.5 Å². The molecule has 6 heteroatoms. The summed E-state index contributed by atoms with van der Waals surface area (Å²) in [6.45, 7) is 3.09. The number of carbonyl (C=O) groups excluding carboxylic acids is 1. The molecule has 0 saturated heterocycles. The van der Waals surface area contributed by atoms with Gasteiger partial charge in [-0.15, -0.1) is 0 Å². The van der Waals surface area contributed by atoms with Crippen molar-refractivity contribution < 1.29 is 9.53 Å². The molecule has 0 aliphatic heterocycles. The molecule has 1 aromatic carbocycles. The fourth-order valence-electron chi connectivity index (χ4n) is 2.41. The minimum Gasteiger partial charge on any atom is -0.484 e. The molecule has 0 saturated carbocycles. The molecule has 0 unspecified atom stereocenters. The van der Waals surface area contributed by atoms with Gasteiger partial charge in [-0.25, -0.2) is 0 Å². The normalized spacial score (nSPS) is 10.4. The van der Waals surface area contributed by atoms with Crippen molar-refractivity contribution >= 4 is 5.91 Å². The number of hydrogen-bond acceptors (Lipinski definition) is 4. The third-order valence-electron chi connectivity index (χ3n) is 3.70. The molecule has 0 aliphatic rings. The number of benzene rings is 1. The molecule has 0 radical (unpaired) electrons. The van der Waals surface area contributed by atoms with Crippen LogP contribution in [0.5, 0.6) is 5.75 Å². The first-order chi connectivity index (χ1) is 12.2. The van der Waals surface area contributed by atoms with Crippen molar-refractivity contribution in [3.63, 3.8) is 0 Å². The first-order valence-electron chi connectivity index (χ1n) is 8.12. The van der Waals surface area contributed by atoms with Crippen molar-refractivity contribution in [2.75, 3.05) is 13.2 Å². The van der Waals surface area contributed by atoms with E-state index in [2.05, 4.69) is 15.4 Å². The number of aryl methyl sites for hydroxylation is 1. The molecule has 0 bridgehead atoms. The van der Waals surface area contributed by atoms with Crippen molar-refractivity contribution in [1.82, 2.24) is 20.1 Å². The van der Waals surface area contributed by atoms with Crippen LogP contribution >= 0.6 is 0 Å². The van der Waals surface area contributed by atoms with Gasteiger partial charge in [0.2, 0.25) is 0 Å². The van der Waals surface area contributed by atoms with Gasteiger partial charge >= 0.3 is 0 Å². The molecule has 1 N–H and O–H groups in total. The predicted molar refractivity (Wildman–Crippen MR) is 95.1 cm³/mol. The number of rotatable bonds is 7. The van der Waals surface area contributed by atoms with E-state index in [4.69, 9.17) is 4.74 Å². The summed E-state index contributed by atoms with van der Waals surface area (Å²) in [5.41, 5.74) is 2.89. The Morgan fingerprint density at radius 1 is 1.20 bits per heavy atom. The molecule has 3 aromatic rings. The van der Waals surface area contributed by atoms with Crippen LogP contribution < -0.4 is 10.1 Å². The maximum atomic E-state index is 11.8. The molecule has 128 valence electrons. The summed E-state index contributed by atoms with van der Waals surface area (Å²) in [6.07, 6.45) is 3.52. The summed E-state index contributed by atoms with van der Waals surface area (Å²) < 4.78 is 7.29. The molecule has 25 heavy (non-hydrogen) atoms. The minimum atomic E-state index is -0.152. The molecule has 2 heterocycles. The minimum absolute atomic E-state index is 0.00301. The third-order valence-corrected chi connectivity index (χ3v) is 3.70. The molecule has 1 amide bonds. The summed E-state index contributed by atoms with van der Waals surface area (Å²) in [6, 6.07) is 15.1. The van der Waals surface area contributed by atoms with E-state index < -0.39 is 0 Å². The van der Waals surface area contributed by atoms with Crippen molar-refractivity contribution in [3.05, 3.63) is 66.6 Å². The number of pyridine rings is 1. The van der Waals surface area contributed by atoms with E-state index in [0.29, 0.717) is 18.8 Å². The van der Waals surface area contributed by atoms with Crippen LogP contribution in [0.15, 0.2) is 60.9 Å². The number of amides is 1. The van der Waals surface area contributed by atoms with E-state index in [1.807, 2.05) is 60.1 Å². The molecule has 0 atom stereocenters. The molecule has 2 aromatic heterocycles. The maximum Gasteiger partial charge on any atom is 0.258 e. The lowest BCUT2D eigenvalue weighted by molar-refractivity contribution is -0.123. The second-order valence-corrected chi connectivity index (χ2v) is 5.59. The highest BCUT2D eigenvalue weighted by Crippen LogP contribution is 2.17. The highest BCUT2D eigenvalue weighted by Gasteiger charge is 2.07. The summed E-state index contributed by atoms with van der Waals surface area (Å²) in [5, 5.41) is 7.41. The Morgan fingerprint density at radius 2 is 2.04 bits per heavy atom. The van der Waals surface area contributed by atoms with Gasteiger partial charge in [0.1, 0.15) is 5.75 Å². The third kappa shape index (κ3) is 4.67. The zero-order valence-electron chi connectivity index (χ0n) is 14.1. The lowest BCUT2D eigenvalue weighted by Crippen LogP contribution is -2.31. The Balaban J connectivity index is 1.47. The van der Waals surface area contributed by atoms with Gasteiger partial charge in [-0.2, -0.15) is 5.10 Å². The van der Waals surface area contributed by atoms with Crippen LogP contribution in [-0.2, 0) is 11.3 Å². The van der Waals surface area contributed by atoms with Crippen LogP contribution in [0.25, 0.3) is 11.3 Å². The summed E-state index contributed by atoms with van der Waals surface area (Å²) in [7, 11) is 0. The second kappa shape index (κ2) is 8.10. The van der Waals surface area contributed by atoms with Gasteiger partial charge in [0.15, 0.2) is 6.61 Å². The summed E-state index contributed by atoms with van der Waals surface area (Å²) >= 11 is 0. The van der Waals surface area contributed by atoms with Gasteiger partial charge in [-0.1, -0.05) is 18.2 Å². The number of nitrogens with one attached hydrogen (secondary N) is 1. The van der Waals surface area contributed by atoms with Gasteiger partial charge < -0.3 is 10.1 Å². The van der Waals surface area contributed by atoms with Crippen LogP contribution in [0, 0.1) is 6.92 Å². The first kappa shape index (κ1) is 16.7. The Kier molecular flexibility index (Phi) is 5.41. The zero-order chi connectivity index (χ0) is 17.5. The highest BCUT2D eigenvalue weighted by atomic mass is 16.5. The van der Waals surface area contributed by atoms with Gasteiger partial charge in [0.25, 0.3) is 5.91 Å². The van der Waals surface area contributed by atoms with E-state index >= 15 is 0 Å². The van der Waals surface area contributed by atoms with Gasteiger partial charge in [0, 0.05) is 30.2 Å². The topological polar surface area (TPSA) is 69.0 Å². The number of hydrogen-bond donors (Lipinski definition) is 1. The zero-order valence-corrected chi connectivity index (χ0v) is 14.1.